The Labute approximate surface area is 230 Å². The Morgan fingerprint density at radius 1 is 0.789 bits per heavy atom. The number of nitrogens with one attached hydrogen (secondary N) is 1. The number of unbranched alkanes of at least 4 members (excludes halogenated alkanes) is 12. The van der Waals surface area contributed by atoms with Crippen LogP contribution in [0.3, 0.4) is 0 Å². The highest BCUT2D eigenvalue weighted by Crippen LogP contribution is 2.22. The molecule has 0 radical (unpaired) electrons. The van der Waals surface area contributed by atoms with Gasteiger partial charge in [-0.15, -0.1) is 0 Å². The summed E-state index contributed by atoms with van der Waals surface area (Å²) >= 11 is 0. The molecule has 0 bridgehead atoms. The Morgan fingerprint density at radius 2 is 1.37 bits per heavy atom. The first-order valence-corrected chi connectivity index (χ1v) is 15.2. The van der Waals surface area contributed by atoms with E-state index in [1.165, 1.54) is 93.9 Å². The highest BCUT2D eigenvalue weighted by Gasteiger charge is 2.24. The summed E-state index contributed by atoms with van der Waals surface area (Å²) in [7, 11) is 0. The zero-order valence-electron chi connectivity index (χ0n) is 24.2. The van der Waals surface area contributed by atoms with Crippen LogP contribution in [-0.4, -0.2) is 21.8 Å². The van der Waals surface area contributed by atoms with Gasteiger partial charge in [0.1, 0.15) is 6.23 Å². The molecule has 1 aromatic heterocycles. The van der Waals surface area contributed by atoms with Crippen molar-refractivity contribution >= 4 is 0 Å². The number of rotatable bonds is 22. The Bertz CT molecular complexity index is 956. The lowest BCUT2D eigenvalue weighted by Gasteiger charge is -2.29. The first-order valence-electron chi connectivity index (χ1n) is 15.2. The molecular weight excluding hydrogens is 476 g/mol. The highest BCUT2D eigenvalue weighted by molar-refractivity contribution is 5.13. The first kappa shape index (κ1) is 32.0. The summed E-state index contributed by atoms with van der Waals surface area (Å²) in [5.74, 6) is 0. The number of H-pyrrole nitrogens is 1. The quantitative estimate of drug-likeness (QED) is 0.158. The van der Waals surface area contributed by atoms with Crippen molar-refractivity contribution in [2.75, 3.05) is 0 Å². The second kappa shape index (κ2) is 19.8. The number of ether oxygens (including phenoxy) is 2. The minimum Gasteiger partial charge on any atom is -0.371 e. The molecule has 214 valence electrons. The Morgan fingerprint density at radius 3 is 1.92 bits per heavy atom. The van der Waals surface area contributed by atoms with E-state index in [1.54, 1.807) is 0 Å². The summed E-state index contributed by atoms with van der Waals surface area (Å²) < 4.78 is 14.2. The maximum Gasteiger partial charge on any atom is 0.330 e. The number of hydrogen-bond acceptors (Lipinski definition) is 4. The van der Waals surface area contributed by atoms with Gasteiger partial charge in [0.15, 0.2) is 0 Å². The summed E-state index contributed by atoms with van der Waals surface area (Å²) in [6.07, 6.45) is 19.5. The van der Waals surface area contributed by atoms with Crippen molar-refractivity contribution in [1.82, 2.24) is 9.55 Å². The molecule has 0 aliphatic carbocycles. The first-order chi connectivity index (χ1) is 18.5. The van der Waals surface area contributed by atoms with Crippen LogP contribution in [0.4, 0.5) is 0 Å². The van der Waals surface area contributed by atoms with Crippen LogP contribution >= 0.6 is 0 Å². The number of aromatic amines is 1. The molecule has 6 heteroatoms. The van der Waals surface area contributed by atoms with Gasteiger partial charge in [-0.25, -0.2) is 4.79 Å². The van der Waals surface area contributed by atoms with Gasteiger partial charge >= 0.3 is 5.69 Å². The molecule has 0 saturated heterocycles. The van der Waals surface area contributed by atoms with E-state index in [2.05, 4.69) is 31.0 Å². The minimum atomic E-state index is -0.450. The van der Waals surface area contributed by atoms with Crippen molar-refractivity contribution < 1.29 is 9.47 Å². The van der Waals surface area contributed by atoms with Gasteiger partial charge < -0.3 is 9.47 Å². The molecule has 38 heavy (non-hydrogen) atoms. The van der Waals surface area contributed by atoms with Crippen molar-refractivity contribution in [3.8, 4) is 0 Å². The predicted molar refractivity (Wildman–Crippen MR) is 157 cm³/mol. The smallest absolute Gasteiger partial charge is 0.330 e. The van der Waals surface area contributed by atoms with Crippen molar-refractivity contribution in [3.05, 3.63) is 69.0 Å². The van der Waals surface area contributed by atoms with E-state index in [0.29, 0.717) is 13.0 Å². The average Bonchev–Trinajstić information content (AvgIpc) is 2.92. The normalized spacial score (nSPS) is 13.9. The number of benzene rings is 1. The lowest BCUT2D eigenvalue weighted by Crippen LogP contribution is -2.37. The fraction of sp³-hybridized carbons (Fsp3) is 0.688. The van der Waals surface area contributed by atoms with Gasteiger partial charge in [-0.3, -0.25) is 14.3 Å². The lowest BCUT2D eigenvalue weighted by atomic mass is 10.0. The van der Waals surface area contributed by atoms with E-state index < -0.39 is 17.5 Å². The molecule has 3 unspecified atom stereocenters. The molecule has 2 aromatic rings. The van der Waals surface area contributed by atoms with Crippen LogP contribution in [0.25, 0.3) is 0 Å². The van der Waals surface area contributed by atoms with Crippen LogP contribution in [0.2, 0.25) is 0 Å². The Balaban J connectivity index is 1.79. The van der Waals surface area contributed by atoms with E-state index in [1.807, 2.05) is 25.1 Å². The molecule has 6 nitrogen and oxygen atoms in total. The summed E-state index contributed by atoms with van der Waals surface area (Å²) in [5, 5.41) is 0. The number of hydrogen-bond donors (Lipinski definition) is 1. The number of nitrogens with zero attached hydrogens (tertiary/aromatic N) is 1. The molecule has 0 aliphatic heterocycles. The van der Waals surface area contributed by atoms with Crippen LogP contribution in [0.15, 0.2) is 52.2 Å². The van der Waals surface area contributed by atoms with Gasteiger partial charge in [0.05, 0.1) is 18.8 Å². The summed E-state index contributed by atoms with van der Waals surface area (Å²) in [6.45, 7) is 6.83. The van der Waals surface area contributed by atoms with Crippen molar-refractivity contribution in [2.45, 2.75) is 142 Å². The fourth-order valence-electron chi connectivity index (χ4n) is 4.90. The van der Waals surface area contributed by atoms with E-state index >= 15 is 0 Å². The molecule has 1 heterocycles. The van der Waals surface area contributed by atoms with E-state index in [4.69, 9.17) is 9.47 Å². The predicted octanol–water partition coefficient (Wildman–Crippen LogP) is 7.92. The summed E-state index contributed by atoms with van der Waals surface area (Å²) in [5.41, 5.74) is 0.286. The topological polar surface area (TPSA) is 73.3 Å². The van der Waals surface area contributed by atoms with Crippen LogP contribution in [0.5, 0.6) is 0 Å². The van der Waals surface area contributed by atoms with Gasteiger partial charge in [-0.1, -0.05) is 128 Å². The largest absolute Gasteiger partial charge is 0.371 e. The van der Waals surface area contributed by atoms with Crippen LogP contribution in [0, 0.1) is 0 Å². The van der Waals surface area contributed by atoms with Gasteiger partial charge in [-0.2, -0.15) is 0 Å². The highest BCUT2D eigenvalue weighted by atomic mass is 16.6. The zero-order chi connectivity index (χ0) is 27.4. The molecule has 0 saturated carbocycles. The summed E-state index contributed by atoms with van der Waals surface area (Å²) in [6, 6.07) is 11.5. The van der Waals surface area contributed by atoms with Crippen molar-refractivity contribution in [2.24, 2.45) is 0 Å². The average molecular weight is 529 g/mol. The SMILES string of the molecule is CCCCCCCCCCCCCCCC(OC(CC)n1ccc(=O)[nH]c1=O)C(C)OCc1ccccc1. The van der Waals surface area contributed by atoms with E-state index in [-0.39, 0.29) is 12.2 Å². The van der Waals surface area contributed by atoms with E-state index in [9.17, 15) is 9.59 Å². The van der Waals surface area contributed by atoms with Crippen LogP contribution in [0.1, 0.15) is 129 Å². The van der Waals surface area contributed by atoms with Gasteiger partial charge in [0.2, 0.25) is 0 Å². The Hall–Kier alpha value is -2.18. The van der Waals surface area contributed by atoms with Crippen LogP contribution < -0.4 is 11.2 Å². The Kier molecular flexibility index (Phi) is 16.7. The maximum absolute atomic E-state index is 12.4. The van der Waals surface area contributed by atoms with Gasteiger partial charge in [0, 0.05) is 12.3 Å². The lowest BCUT2D eigenvalue weighted by molar-refractivity contribution is -0.128. The third-order valence-corrected chi connectivity index (χ3v) is 7.31. The fourth-order valence-corrected chi connectivity index (χ4v) is 4.90. The molecule has 0 amide bonds. The molecule has 0 aliphatic rings. The van der Waals surface area contributed by atoms with Crippen molar-refractivity contribution in [1.29, 1.82) is 0 Å². The molecule has 0 spiro atoms. The number of aromatic nitrogens is 2. The maximum atomic E-state index is 12.4. The van der Waals surface area contributed by atoms with E-state index in [0.717, 1.165) is 18.4 Å². The van der Waals surface area contributed by atoms with Gasteiger partial charge in [0.25, 0.3) is 5.56 Å². The molecule has 3 atom stereocenters. The van der Waals surface area contributed by atoms with Crippen LogP contribution in [-0.2, 0) is 16.1 Å². The molecular formula is C32H52N2O4. The molecule has 1 aromatic carbocycles. The zero-order valence-corrected chi connectivity index (χ0v) is 24.2. The monoisotopic (exact) mass is 528 g/mol. The second-order valence-electron chi connectivity index (χ2n) is 10.6. The van der Waals surface area contributed by atoms with Crippen molar-refractivity contribution in [3.63, 3.8) is 0 Å². The third kappa shape index (κ3) is 13.1. The minimum absolute atomic E-state index is 0.125. The van der Waals surface area contributed by atoms with Gasteiger partial charge in [-0.05, 0) is 25.3 Å². The molecule has 0 fully saturated rings. The molecule has 1 N–H and O–H groups in total. The second-order valence-corrected chi connectivity index (χ2v) is 10.6. The summed E-state index contributed by atoms with van der Waals surface area (Å²) in [4.78, 5) is 26.2. The third-order valence-electron chi connectivity index (χ3n) is 7.31. The standard InChI is InChI=1S/C32H52N2O4/c1-4-6-7-8-9-10-11-12-13-14-15-16-20-23-29(27(3)37-26-28-21-18-17-19-22-28)38-31(5-2)34-25-24-30(35)33-32(34)36/h17-19,21-22,24-25,27,29,31H,4-16,20,23,26H2,1-3H3,(H,33,35,36). The molecule has 2 rings (SSSR count).